The van der Waals surface area contributed by atoms with Crippen molar-refractivity contribution in [2.45, 2.75) is 52.6 Å². The van der Waals surface area contributed by atoms with Crippen molar-refractivity contribution in [1.29, 1.82) is 0 Å². The second-order valence-corrected chi connectivity index (χ2v) is 6.95. The van der Waals surface area contributed by atoms with Gasteiger partial charge in [0.05, 0.1) is 6.61 Å². The SMILES string of the molecule is CCCCCCOc1ccc(C(=O)NNC(=O)C(C)Oc2cccc(C)c2)cc1. The highest BCUT2D eigenvalue weighted by Crippen LogP contribution is 2.15. The summed E-state index contributed by atoms with van der Waals surface area (Å²) in [5.41, 5.74) is 6.26. The largest absolute Gasteiger partial charge is 0.494 e. The molecule has 0 aromatic heterocycles. The third kappa shape index (κ3) is 7.86. The van der Waals surface area contributed by atoms with Gasteiger partial charge in [0.15, 0.2) is 6.10 Å². The Morgan fingerprint density at radius 1 is 0.966 bits per heavy atom. The van der Waals surface area contributed by atoms with Gasteiger partial charge in [-0.05, 0) is 62.2 Å². The van der Waals surface area contributed by atoms with Crippen molar-refractivity contribution >= 4 is 11.8 Å². The minimum atomic E-state index is -0.749. The number of hydrazine groups is 1. The molecule has 0 aliphatic heterocycles. The molecule has 2 amide bonds. The van der Waals surface area contributed by atoms with Gasteiger partial charge in [-0.3, -0.25) is 20.4 Å². The minimum absolute atomic E-state index is 0.407. The second-order valence-electron chi connectivity index (χ2n) is 6.95. The first kappa shape index (κ1) is 22.3. The fourth-order valence-electron chi connectivity index (χ4n) is 2.66. The van der Waals surface area contributed by atoms with Crippen LogP contribution in [0, 0.1) is 6.92 Å². The molecule has 1 atom stereocenters. The van der Waals surface area contributed by atoms with Crippen LogP contribution < -0.4 is 20.3 Å². The molecule has 29 heavy (non-hydrogen) atoms. The number of carbonyl (C=O) groups excluding carboxylic acids is 2. The number of hydrogen-bond acceptors (Lipinski definition) is 4. The van der Waals surface area contributed by atoms with E-state index in [2.05, 4.69) is 17.8 Å². The van der Waals surface area contributed by atoms with Crippen LogP contribution in [0.4, 0.5) is 0 Å². The van der Waals surface area contributed by atoms with Gasteiger partial charge in [-0.25, -0.2) is 0 Å². The van der Waals surface area contributed by atoms with Crippen LogP contribution in [0.15, 0.2) is 48.5 Å². The number of benzene rings is 2. The van der Waals surface area contributed by atoms with Gasteiger partial charge in [0.2, 0.25) is 0 Å². The van der Waals surface area contributed by atoms with Crippen molar-refractivity contribution in [2.24, 2.45) is 0 Å². The summed E-state index contributed by atoms with van der Waals surface area (Å²) in [6.07, 6.45) is 3.83. The van der Waals surface area contributed by atoms with Crippen molar-refractivity contribution in [3.8, 4) is 11.5 Å². The Labute approximate surface area is 172 Å². The minimum Gasteiger partial charge on any atom is -0.494 e. The molecule has 0 aliphatic carbocycles. The molecule has 0 saturated carbocycles. The monoisotopic (exact) mass is 398 g/mol. The lowest BCUT2D eigenvalue weighted by atomic mass is 10.2. The third-order valence-electron chi connectivity index (χ3n) is 4.35. The van der Waals surface area contributed by atoms with Crippen LogP contribution in [0.1, 0.15) is 55.5 Å². The van der Waals surface area contributed by atoms with Crippen molar-refractivity contribution in [1.82, 2.24) is 10.9 Å². The summed E-state index contributed by atoms with van der Waals surface area (Å²) in [6.45, 7) is 6.41. The Hall–Kier alpha value is -3.02. The normalized spacial score (nSPS) is 11.4. The zero-order chi connectivity index (χ0) is 21.1. The Morgan fingerprint density at radius 3 is 2.41 bits per heavy atom. The Bertz CT molecular complexity index is 790. The molecule has 2 rings (SSSR count). The zero-order valence-corrected chi connectivity index (χ0v) is 17.4. The van der Waals surface area contributed by atoms with Crippen LogP contribution in [0.3, 0.4) is 0 Å². The smallest absolute Gasteiger partial charge is 0.279 e. The number of amides is 2. The van der Waals surface area contributed by atoms with E-state index in [9.17, 15) is 9.59 Å². The average molecular weight is 399 g/mol. The molecule has 2 aromatic rings. The van der Waals surface area contributed by atoms with Gasteiger partial charge in [-0.15, -0.1) is 0 Å². The molecule has 0 spiro atoms. The maximum absolute atomic E-state index is 12.2. The van der Waals surface area contributed by atoms with E-state index in [4.69, 9.17) is 9.47 Å². The molecule has 0 aliphatic rings. The first-order valence-electron chi connectivity index (χ1n) is 10.1. The highest BCUT2D eigenvalue weighted by molar-refractivity contribution is 5.95. The number of unbranched alkanes of at least 4 members (excludes halogenated alkanes) is 3. The number of hydrogen-bond donors (Lipinski definition) is 2. The molecule has 6 nitrogen and oxygen atoms in total. The van der Waals surface area contributed by atoms with Crippen molar-refractivity contribution in [3.05, 3.63) is 59.7 Å². The van der Waals surface area contributed by atoms with Gasteiger partial charge < -0.3 is 9.47 Å². The van der Waals surface area contributed by atoms with Crippen LogP contribution in [0.2, 0.25) is 0 Å². The number of nitrogens with one attached hydrogen (secondary N) is 2. The van der Waals surface area contributed by atoms with E-state index in [1.165, 1.54) is 12.8 Å². The maximum atomic E-state index is 12.2. The van der Waals surface area contributed by atoms with E-state index in [1.54, 1.807) is 37.3 Å². The molecule has 2 N–H and O–H groups in total. The van der Waals surface area contributed by atoms with Gasteiger partial charge in [0.1, 0.15) is 11.5 Å². The summed E-state index contributed by atoms with van der Waals surface area (Å²) in [6, 6.07) is 14.2. The van der Waals surface area contributed by atoms with Gasteiger partial charge in [-0.2, -0.15) is 0 Å². The van der Waals surface area contributed by atoms with E-state index >= 15 is 0 Å². The Balaban J connectivity index is 1.75. The Kier molecular flexibility index (Phi) is 9.02. The van der Waals surface area contributed by atoms with Crippen molar-refractivity contribution < 1.29 is 19.1 Å². The van der Waals surface area contributed by atoms with Crippen LogP contribution in [0.5, 0.6) is 11.5 Å². The standard InChI is InChI=1S/C23H30N2O4/c1-4-5-6-7-15-28-20-13-11-19(12-14-20)23(27)25-24-22(26)18(3)29-21-10-8-9-17(2)16-21/h8-14,16,18H,4-7,15H2,1-3H3,(H,24,26)(H,25,27). The fourth-order valence-corrected chi connectivity index (χ4v) is 2.66. The fraction of sp³-hybridized carbons (Fsp3) is 0.391. The molecular formula is C23H30N2O4. The molecule has 0 saturated heterocycles. The number of ether oxygens (including phenoxy) is 2. The Morgan fingerprint density at radius 2 is 1.72 bits per heavy atom. The highest BCUT2D eigenvalue weighted by Gasteiger charge is 2.16. The lowest BCUT2D eigenvalue weighted by Crippen LogP contribution is -2.47. The molecule has 6 heteroatoms. The number of aryl methyl sites for hydroxylation is 1. The van der Waals surface area contributed by atoms with E-state index in [0.29, 0.717) is 17.9 Å². The second kappa shape index (κ2) is 11.7. The summed E-state index contributed by atoms with van der Waals surface area (Å²) in [5, 5.41) is 0. The average Bonchev–Trinajstić information content (AvgIpc) is 2.72. The predicted octanol–water partition coefficient (Wildman–Crippen LogP) is 4.18. The quantitative estimate of drug-likeness (QED) is 0.465. The van der Waals surface area contributed by atoms with Crippen molar-refractivity contribution in [2.75, 3.05) is 6.61 Å². The van der Waals surface area contributed by atoms with Gasteiger partial charge in [0.25, 0.3) is 11.8 Å². The van der Waals surface area contributed by atoms with Crippen LogP contribution in [-0.2, 0) is 4.79 Å². The lowest BCUT2D eigenvalue weighted by Gasteiger charge is -2.15. The summed E-state index contributed by atoms with van der Waals surface area (Å²) < 4.78 is 11.3. The molecule has 1 unspecified atom stereocenters. The number of carbonyl (C=O) groups is 2. The maximum Gasteiger partial charge on any atom is 0.279 e. The summed E-state index contributed by atoms with van der Waals surface area (Å²) in [5.74, 6) is 0.481. The van der Waals surface area contributed by atoms with Gasteiger partial charge in [-0.1, -0.05) is 38.3 Å². The summed E-state index contributed by atoms with van der Waals surface area (Å²) in [4.78, 5) is 24.4. The molecule has 0 radical (unpaired) electrons. The van der Waals surface area contributed by atoms with E-state index in [1.807, 2.05) is 25.1 Å². The molecule has 2 aromatic carbocycles. The van der Waals surface area contributed by atoms with E-state index in [0.717, 1.165) is 24.2 Å². The van der Waals surface area contributed by atoms with Crippen molar-refractivity contribution in [3.63, 3.8) is 0 Å². The molecule has 156 valence electrons. The predicted molar refractivity (Wildman–Crippen MR) is 113 cm³/mol. The molecule has 0 fully saturated rings. The topological polar surface area (TPSA) is 76.7 Å². The van der Waals surface area contributed by atoms with Gasteiger partial charge in [0, 0.05) is 5.56 Å². The lowest BCUT2D eigenvalue weighted by molar-refractivity contribution is -0.128. The summed E-state index contributed by atoms with van der Waals surface area (Å²) in [7, 11) is 0. The first-order chi connectivity index (χ1) is 14.0. The number of rotatable bonds is 10. The summed E-state index contributed by atoms with van der Waals surface area (Å²) >= 11 is 0. The highest BCUT2D eigenvalue weighted by atomic mass is 16.5. The molecular weight excluding hydrogens is 368 g/mol. The van der Waals surface area contributed by atoms with Crippen LogP contribution in [-0.4, -0.2) is 24.5 Å². The van der Waals surface area contributed by atoms with E-state index < -0.39 is 17.9 Å². The zero-order valence-electron chi connectivity index (χ0n) is 17.4. The van der Waals surface area contributed by atoms with Gasteiger partial charge >= 0.3 is 0 Å². The molecule has 0 heterocycles. The molecule has 0 bridgehead atoms. The first-order valence-corrected chi connectivity index (χ1v) is 10.1. The van der Waals surface area contributed by atoms with E-state index in [-0.39, 0.29) is 0 Å². The third-order valence-corrected chi connectivity index (χ3v) is 4.35. The van der Waals surface area contributed by atoms with Crippen LogP contribution >= 0.6 is 0 Å². The van der Waals surface area contributed by atoms with Crippen LogP contribution in [0.25, 0.3) is 0 Å².